The normalized spacial score (nSPS) is 18.0. The number of aromatic amines is 1. The van der Waals surface area contributed by atoms with Gasteiger partial charge in [-0.05, 0) is 24.6 Å². The van der Waals surface area contributed by atoms with E-state index in [9.17, 15) is 9.50 Å². The van der Waals surface area contributed by atoms with Crippen LogP contribution in [0.4, 0.5) is 10.1 Å². The number of nitrogens with zero attached hydrogens (tertiary/aromatic N) is 3. The van der Waals surface area contributed by atoms with Crippen molar-refractivity contribution in [2.24, 2.45) is 0 Å². The highest BCUT2D eigenvalue weighted by Crippen LogP contribution is 2.31. The zero-order valence-electron chi connectivity index (χ0n) is 12.1. The molecule has 2 N–H and O–H groups in total. The van der Waals surface area contributed by atoms with E-state index in [0.717, 1.165) is 17.8 Å². The van der Waals surface area contributed by atoms with Gasteiger partial charge in [0.25, 0.3) is 6.01 Å². The number of benzene rings is 1. The maximum absolute atomic E-state index is 13.3. The molecule has 4 rings (SSSR count). The Hall–Kier alpha value is -2.34. The highest BCUT2D eigenvalue weighted by molar-refractivity contribution is 6.33. The molecule has 23 heavy (non-hydrogen) atoms. The van der Waals surface area contributed by atoms with Crippen LogP contribution in [0.1, 0.15) is 6.42 Å². The number of hydrogen-bond acceptors (Lipinski definition) is 4. The minimum atomic E-state index is -0.750. The molecule has 0 bridgehead atoms. The van der Waals surface area contributed by atoms with Crippen molar-refractivity contribution in [1.29, 1.82) is 0 Å². The van der Waals surface area contributed by atoms with E-state index in [4.69, 9.17) is 11.6 Å². The van der Waals surface area contributed by atoms with E-state index < -0.39 is 6.17 Å². The quantitative estimate of drug-likeness (QED) is 0.753. The van der Waals surface area contributed by atoms with Gasteiger partial charge in [0.1, 0.15) is 6.17 Å². The Morgan fingerprint density at radius 1 is 1.26 bits per heavy atom. The summed E-state index contributed by atoms with van der Waals surface area (Å²) in [5, 5.41) is 9.87. The van der Waals surface area contributed by atoms with Gasteiger partial charge in [-0.2, -0.15) is 4.98 Å². The minimum Gasteiger partial charge on any atom is -0.480 e. The third kappa shape index (κ3) is 2.59. The summed E-state index contributed by atoms with van der Waals surface area (Å²) < 4.78 is 13.3. The smallest absolute Gasteiger partial charge is 0.293 e. The average Bonchev–Trinajstić information content (AvgIpc) is 3.11. The highest BCUT2D eigenvalue weighted by atomic mass is 35.5. The molecule has 118 valence electrons. The van der Waals surface area contributed by atoms with Gasteiger partial charge >= 0.3 is 0 Å². The van der Waals surface area contributed by atoms with E-state index in [0.29, 0.717) is 34.8 Å². The molecule has 1 atom stereocenters. The number of aromatic hydroxyl groups is 1. The summed E-state index contributed by atoms with van der Waals surface area (Å²) in [4.78, 5) is 13.0. The maximum Gasteiger partial charge on any atom is 0.293 e. The number of H-pyrrole nitrogens is 1. The van der Waals surface area contributed by atoms with E-state index in [1.807, 2.05) is 29.2 Å². The summed E-state index contributed by atoms with van der Waals surface area (Å²) in [6.45, 7) is 1.18. The van der Waals surface area contributed by atoms with Crippen LogP contribution < -0.4 is 4.90 Å². The standard InChI is InChI=1S/C16H14ClFN4O/c17-12-7-13-15(21-16(23)19-13)20-14(12)9-1-3-11(4-2-9)22-6-5-10(18)8-22/h1-4,7,10H,5-6,8H2,(H2,19,20,21,23)/t10-/m1/s1. The molecule has 1 aliphatic heterocycles. The van der Waals surface area contributed by atoms with Crippen molar-refractivity contribution in [3.63, 3.8) is 0 Å². The van der Waals surface area contributed by atoms with E-state index in [1.54, 1.807) is 6.07 Å². The van der Waals surface area contributed by atoms with Gasteiger partial charge in [0, 0.05) is 24.3 Å². The van der Waals surface area contributed by atoms with Gasteiger partial charge in [-0.25, -0.2) is 9.37 Å². The van der Waals surface area contributed by atoms with Crippen LogP contribution in [-0.2, 0) is 0 Å². The van der Waals surface area contributed by atoms with Crippen molar-refractivity contribution in [2.75, 3.05) is 18.0 Å². The predicted molar refractivity (Wildman–Crippen MR) is 87.7 cm³/mol. The van der Waals surface area contributed by atoms with Gasteiger partial charge < -0.3 is 15.0 Å². The second-order valence-electron chi connectivity index (χ2n) is 5.63. The molecule has 0 spiro atoms. The van der Waals surface area contributed by atoms with Gasteiger partial charge in [0.05, 0.1) is 16.2 Å². The summed E-state index contributed by atoms with van der Waals surface area (Å²) in [6, 6.07) is 9.20. The number of nitrogens with one attached hydrogen (secondary N) is 1. The van der Waals surface area contributed by atoms with E-state index in [-0.39, 0.29) is 6.01 Å². The lowest BCUT2D eigenvalue weighted by Gasteiger charge is -2.17. The van der Waals surface area contributed by atoms with E-state index in [2.05, 4.69) is 15.0 Å². The van der Waals surface area contributed by atoms with Gasteiger partial charge in [-0.15, -0.1) is 0 Å². The van der Waals surface area contributed by atoms with Crippen LogP contribution in [0.5, 0.6) is 6.01 Å². The molecule has 3 aromatic rings. The molecule has 2 aromatic heterocycles. The maximum atomic E-state index is 13.3. The Balaban J connectivity index is 1.68. The molecule has 1 aliphatic rings. The monoisotopic (exact) mass is 332 g/mol. The molecule has 0 aliphatic carbocycles. The average molecular weight is 333 g/mol. The number of alkyl halides is 1. The van der Waals surface area contributed by atoms with Crippen molar-refractivity contribution >= 4 is 28.5 Å². The largest absolute Gasteiger partial charge is 0.480 e. The van der Waals surface area contributed by atoms with Crippen LogP contribution in [0, 0.1) is 0 Å². The molecule has 5 nitrogen and oxygen atoms in total. The fourth-order valence-corrected chi connectivity index (χ4v) is 3.15. The number of rotatable bonds is 2. The number of anilines is 1. The van der Waals surface area contributed by atoms with Gasteiger partial charge in [-0.1, -0.05) is 23.7 Å². The van der Waals surface area contributed by atoms with Crippen molar-refractivity contribution in [3.8, 4) is 17.3 Å². The zero-order chi connectivity index (χ0) is 16.0. The fraction of sp³-hybridized carbons (Fsp3) is 0.250. The second kappa shape index (κ2) is 5.38. The van der Waals surface area contributed by atoms with Crippen molar-refractivity contribution in [2.45, 2.75) is 12.6 Å². The van der Waals surface area contributed by atoms with Crippen LogP contribution in [0.2, 0.25) is 5.02 Å². The molecule has 1 aromatic carbocycles. The number of halogens is 2. The summed E-state index contributed by atoms with van der Waals surface area (Å²) in [7, 11) is 0. The molecule has 3 heterocycles. The third-order valence-corrected chi connectivity index (χ3v) is 4.34. The number of fused-ring (bicyclic) bond motifs is 1. The number of imidazole rings is 1. The van der Waals surface area contributed by atoms with Crippen molar-refractivity contribution < 1.29 is 9.50 Å². The Morgan fingerprint density at radius 2 is 2.04 bits per heavy atom. The highest BCUT2D eigenvalue weighted by Gasteiger charge is 2.22. The van der Waals surface area contributed by atoms with Crippen LogP contribution in [0.25, 0.3) is 22.4 Å². The molecular weight excluding hydrogens is 319 g/mol. The number of hydrogen-bond donors (Lipinski definition) is 2. The predicted octanol–water partition coefficient (Wildman–Crippen LogP) is 3.53. The molecule has 7 heteroatoms. The lowest BCUT2D eigenvalue weighted by atomic mass is 10.1. The summed E-state index contributed by atoms with van der Waals surface area (Å²) in [5.41, 5.74) is 3.43. The van der Waals surface area contributed by atoms with Crippen molar-refractivity contribution in [3.05, 3.63) is 35.4 Å². The Labute approximate surface area is 136 Å². The van der Waals surface area contributed by atoms with Crippen LogP contribution >= 0.6 is 11.6 Å². The summed E-state index contributed by atoms with van der Waals surface area (Å²) >= 11 is 6.28. The fourth-order valence-electron chi connectivity index (χ4n) is 2.89. The molecule has 1 fully saturated rings. The number of aromatic nitrogens is 3. The Bertz CT molecular complexity index is 864. The lowest BCUT2D eigenvalue weighted by Crippen LogP contribution is -2.19. The number of pyridine rings is 1. The first-order valence-electron chi connectivity index (χ1n) is 7.35. The molecular formula is C16H14ClFN4O. The first kappa shape index (κ1) is 14.3. The minimum absolute atomic E-state index is 0.189. The van der Waals surface area contributed by atoms with Crippen molar-refractivity contribution in [1.82, 2.24) is 15.0 Å². The first-order valence-corrected chi connectivity index (χ1v) is 7.72. The van der Waals surface area contributed by atoms with Crippen LogP contribution in [0.3, 0.4) is 0 Å². The summed E-state index contributed by atoms with van der Waals surface area (Å²) in [6.07, 6.45) is -0.172. The molecule has 1 saturated heterocycles. The van der Waals surface area contributed by atoms with Gasteiger partial charge in [0.15, 0.2) is 5.65 Å². The second-order valence-corrected chi connectivity index (χ2v) is 6.04. The SMILES string of the molecule is Oc1nc2nc(-c3ccc(N4CC[C@@H](F)C4)cc3)c(Cl)cc2[nH]1. The van der Waals surface area contributed by atoms with Gasteiger partial charge in [-0.3, -0.25) is 0 Å². The first-order chi connectivity index (χ1) is 11.1. The Morgan fingerprint density at radius 3 is 2.74 bits per heavy atom. The lowest BCUT2D eigenvalue weighted by molar-refractivity contribution is 0.364. The molecule has 0 unspecified atom stereocenters. The summed E-state index contributed by atoms with van der Waals surface area (Å²) in [5.74, 6) is 0. The van der Waals surface area contributed by atoms with Gasteiger partial charge in [0.2, 0.25) is 0 Å². The Kier molecular flexibility index (Phi) is 3.34. The van der Waals surface area contributed by atoms with E-state index in [1.165, 1.54) is 0 Å². The third-order valence-electron chi connectivity index (χ3n) is 4.05. The zero-order valence-corrected chi connectivity index (χ0v) is 12.9. The topological polar surface area (TPSA) is 65.0 Å². The van der Waals surface area contributed by atoms with Crippen LogP contribution in [-0.4, -0.2) is 39.3 Å². The van der Waals surface area contributed by atoms with Crippen LogP contribution in [0.15, 0.2) is 30.3 Å². The molecule has 0 amide bonds. The molecule has 0 radical (unpaired) electrons. The molecule has 0 saturated carbocycles. The van der Waals surface area contributed by atoms with E-state index >= 15 is 0 Å².